The molecule has 1 atom stereocenters. The number of benzene rings is 2. The number of carbonyl (C=O) groups is 1. The Morgan fingerprint density at radius 1 is 1.19 bits per heavy atom. The Morgan fingerprint density at radius 2 is 1.95 bits per heavy atom. The molecule has 1 aliphatic rings. The monoisotopic (exact) mass is 414 g/mol. The molecule has 2 aromatic carbocycles. The predicted octanol–water partition coefficient (Wildman–Crippen LogP) is 4.09. The van der Waals surface area contributed by atoms with Crippen molar-refractivity contribution < 1.29 is 13.9 Å². The highest BCUT2D eigenvalue weighted by molar-refractivity contribution is 9.10. The van der Waals surface area contributed by atoms with Gasteiger partial charge in [-0.1, -0.05) is 15.9 Å². The second-order valence-electron chi connectivity index (χ2n) is 4.51. The molecule has 7 heteroatoms. The van der Waals surface area contributed by atoms with Crippen molar-refractivity contribution in [2.24, 2.45) is 5.73 Å². The summed E-state index contributed by atoms with van der Waals surface area (Å²) in [6.07, 6.45) is 0. The first kappa shape index (κ1) is 14.5. The van der Waals surface area contributed by atoms with Crippen molar-refractivity contribution in [1.82, 2.24) is 0 Å². The number of ether oxygens (including phenoxy) is 1. The number of carbonyl (C=O) groups excluding carboxylic acids is 1. The zero-order chi connectivity index (χ0) is 15.1. The molecule has 4 nitrogen and oxygen atoms in total. The van der Waals surface area contributed by atoms with Gasteiger partial charge in [0.15, 0.2) is 11.6 Å². The highest BCUT2D eigenvalue weighted by atomic mass is 79.9. The molecule has 1 unspecified atom stereocenters. The molecule has 0 bridgehead atoms. The lowest BCUT2D eigenvalue weighted by Crippen LogP contribution is -2.19. The molecular weight excluding hydrogens is 407 g/mol. The fraction of sp³-hybridized carbons (Fsp3) is 0.0714. The van der Waals surface area contributed by atoms with Crippen molar-refractivity contribution in [3.05, 3.63) is 50.7 Å². The van der Waals surface area contributed by atoms with E-state index in [2.05, 4.69) is 37.2 Å². The number of nitrogens with one attached hydrogen (secondary N) is 1. The van der Waals surface area contributed by atoms with Gasteiger partial charge in [0.05, 0.1) is 4.47 Å². The van der Waals surface area contributed by atoms with E-state index in [1.54, 1.807) is 18.2 Å². The van der Waals surface area contributed by atoms with E-state index >= 15 is 0 Å². The molecule has 3 rings (SSSR count). The minimum atomic E-state index is -0.701. The Labute approximate surface area is 136 Å². The highest BCUT2D eigenvalue weighted by Gasteiger charge is 2.28. The lowest BCUT2D eigenvalue weighted by Gasteiger charge is -2.11. The molecule has 0 spiro atoms. The van der Waals surface area contributed by atoms with Gasteiger partial charge >= 0.3 is 0 Å². The van der Waals surface area contributed by atoms with Crippen LogP contribution in [0.3, 0.4) is 0 Å². The Hall–Kier alpha value is -1.44. The Morgan fingerprint density at radius 3 is 2.71 bits per heavy atom. The zero-order valence-electron chi connectivity index (χ0n) is 10.5. The first-order chi connectivity index (χ1) is 9.95. The van der Waals surface area contributed by atoms with E-state index in [0.29, 0.717) is 25.9 Å². The number of hydrogen-bond donors (Lipinski definition) is 2. The lowest BCUT2D eigenvalue weighted by atomic mass is 10.1. The standard InChI is InChI=1S/C14H9Br2FN2O2/c15-6-1-2-9(17)12(3-6)21-11-5-10-7(4-8(11)16)13(18)14(20)19-10/h1-5,13H,18H2,(H,19,20). The van der Waals surface area contributed by atoms with Gasteiger partial charge in [-0.15, -0.1) is 0 Å². The summed E-state index contributed by atoms with van der Waals surface area (Å²) in [5, 5.41) is 2.66. The molecule has 0 saturated heterocycles. The van der Waals surface area contributed by atoms with Crippen molar-refractivity contribution in [2.45, 2.75) is 6.04 Å². The maximum absolute atomic E-state index is 13.7. The maximum atomic E-state index is 13.7. The molecule has 0 aliphatic carbocycles. The van der Waals surface area contributed by atoms with Crippen LogP contribution in [0.4, 0.5) is 10.1 Å². The van der Waals surface area contributed by atoms with Crippen LogP contribution in [0.25, 0.3) is 0 Å². The molecule has 0 radical (unpaired) electrons. The summed E-state index contributed by atoms with van der Waals surface area (Å²) >= 11 is 6.61. The SMILES string of the molecule is NC1C(=O)Nc2cc(Oc3cc(Br)ccc3F)c(Br)cc21. The van der Waals surface area contributed by atoms with Crippen LogP contribution in [0, 0.1) is 5.82 Å². The first-order valence-corrected chi connectivity index (χ1v) is 7.57. The summed E-state index contributed by atoms with van der Waals surface area (Å²) in [4.78, 5) is 11.6. The number of amides is 1. The highest BCUT2D eigenvalue weighted by Crippen LogP contribution is 2.40. The molecule has 0 aromatic heterocycles. The van der Waals surface area contributed by atoms with Crippen LogP contribution in [-0.4, -0.2) is 5.91 Å². The summed E-state index contributed by atoms with van der Waals surface area (Å²) in [6, 6.07) is 7.03. The van der Waals surface area contributed by atoms with Crippen molar-refractivity contribution in [1.29, 1.82) is 0 Å². The Bertz CT molecular complexity index is 752. The first-order valence-electron chi connectivity index (χ1n) is 5.98. The molecule has 21 heavy (non-hydrogen) atoms. The van der Waals surface area contributed by atoms with Crippen LogP contribution in [0.5, 0.6) is 11.5 Å². The van der Waals surface area contributed by atoms with Crippen molar-refractivity contribution in [3.8, 4) is 11.5 Å². The van der Waals surface area contributed by atoms with Crippen molar-refractivity contribution in [3.63, 3.8) is 0 Å². The van der Waals surface area contributed by atoms with Gasteiger partial charge in [0.25, 0.3) is 0 Å². The third-order valence-electron chi connectivity index (χ3n) is 3.09. The third kappa shape index (κ3) is 2.68. The smallest absolute Gasteiger partial charge is 0.245 e. The number of halogens is 3. The lowest BCUT2D eigenvalue weighted by molar-refractivity contribution is -0.116. The van der Waals surface area contributed by atoms with Gasteiger partial charge in [0.2, 0.25) is 5.91 Å². The number of nitrogens with two attached hydrogens (primary N) is 1. The van der Waals surface area contributed by atoms with Crippen molar-refractivity contribution in [2.75, 3.05) is 5.32 Å². The third-order valence-corrected chi connectivity index (χ3v) is 4.21. The van der Waals surface area contributed by atoms with E-state index in [-0.39, 0.29) is 11.7 Å². The van der Waals surface area contributed by atoms with Crippen LogP contribution in [0.15, 0.2) is 39.3 Å². The van der Waals surface area contributed by atoms with Crippen LogP contribution >= 0.6 is 31.9 Å². The zero-order valence-corrected chi connectivity index (χ0v) is 13.7. The molecular formula is C14H9Br2FN2O2. The van der Waals surface area contributed by atoms with Crippen LogP contribution in [0.2, 0.25) is 0 Å². The Balaban J connectivity index is 1.99. The van der Waals surface area contributed by atoms with E-state index in [0.717, 1.165) is 0 Å². The van der Waals surface area contributed by atoms with E-state index in [9.17, 15) is 9.18 Å². The summed E-state index contributed by atoms with van der Waals surface area (Å²) < 4.78 is 20.6. The van der Waals surface area contributed by atoms with E-state index in [1.807, 2.05) is 0 Å². The summed E-state index contributed by atoms with van der Waals surface area (Å²) in [5.74, 6) is -0.284. The van der Waals surface area contributed by atoms with Gasteiger partial charge in [-0.2, -0.15) is 0 Å². The van der Waals surface area contributed by atoms with Gasteiger partial charge in [-0.3, -0.25) is 4.79 Å². The van der Waals surface area contributed by atoms with Crippen LogP contribution < -0.4 is 15.8 Å². The van der Waals surface area contributed by atoms with Gasteiger partial charge in [-0.25, -0.2) is 4.39 Å². The quantitative estimate of drug-likeness (QED) is 0.776. The molecule has 1 heterocycles. The predicted molar refractivity (Wildman–Crippen MR) is 83.9 cm³/mol. The van der Waals surface area contributed by atoms with Gasteiger partial charge in [0.1, 0.15) is 11.8 Å². The summed E-state index contributed by atoms with van der Waals surface area (Å²) in [6.45, 7) is 0. The van der Waals surface area contributed by atoms with Crippen molar-refractivity contribution >= 4 is 43.5 Å². The van der Waals surface area contributed by atoms with Gasteiger partial charge < -0.3 is 15.8 Å². The van der Waals surface area contributed by atoms with E-state index < -0.39 is 11.9 Å². The van der Waals surface area contributed by atoms with Crippen LogP contribution in [0.1, 0.15) is 11.6 Å². The molecule has 0 fully saturated rings. The molecule has 2 aromatic rings. The average molecular weight is 416 g/mol. The summed E-state index contributed by atoms with van der Waals surface area (Å²) in [7, 11) is 0. The van der Waals surface area contributed by atoms with Crippen LogP contribution in [-0.2, 0) is 4.79 Å². The minimum absolute atomic E-state index is 0.0821. The molecule has 1 amide bonds. The van der Waals surface area contributed by atoms with E-state index in [1.165, 1.54) is 12.1 Å². The Kier molecular flexibility index (Phi) is 3.73. The molecule has 3 N–H and O–H groups in total. The number of rotatable bonds is 2. The molecule has 0 saturated carbocycles. The van der Waals surface area contributed by atoms with Gasteiger partial charge in [0, 0.05) is 21.8 Å². The fourth-order valence-electron chi connectivity index (χ4n) is 2.04. The summed E-state index contributed by atoms with van der Waals surface area (Å²) in [5.41, 5.74) is 7.01. The van der Waals surface area contributed by atoms with Gasteiger partial charge in [-0.05, 0) is 40.2 Å². The minimum Gasteiger partial charge on any atom is -0.453 e. The van der Waals surface area contributed by atoms with E-state index in [4.69, 9.17) is 10.5 Å². The maximum Gasteiger partial charge on any atom is 0.245 e. The second-order valence-corrected chi connectivity index (χ2v) is 6.28. The average Bonchev–Trinajstić information content (AvgIpc) is 2.70. The molecule has 108 valence electrons. The fourth-order valence-corrected chi connectivity index (χ4v) is 2.82. The largest absolute Gasteiger partial charge is 0.453 e. The number of fused-ring (bicyclic) bond motifs is 1. The number of hydrogen-bond acceptors (Lipinski definition) is 3. The normalized spacial score (nSPS) is 16.6. The topological polar surface area (TPSA) is 64.4 Å². The molecule has 1 aliphatic heterocycles. The number of anilines is 1. The second kappa shape index (κ2) is 5.40.